The van der Waals surface area contributed by atoms with Gasteiger partial charge in [0.1, 0.15) is 6.54 Å². The molecular weight excluding hydrogens is 384 g/mol. The lowest BCUT2D eigenvalue weighted by molar-refractivity contribution is -0.152. The van der Waals surface area contributed by atoms with E-state index in [-0.39, 0.29) is 17.9 Å². The minimum absolute atomic E-state index is 0.0115. The Morgan fingerprint density at radius 1 is 1.13 bits per heavy atom. The predicted molar refractivity (Wildman–Crippen MR) is 114 cm³/mol. The van der Waals surface area contributed by atoms with Crippen molar-refractivity contribution in [3.63, 3.8) is 0 Å². The molecule has 162 valence electrons. The summed E-state index contributed by atoms with van der Waals surface area (Å²) in [5.41, 5.74) is 3.61. The van der Waals surface area contributed by atoms with Crippen molar-refractivity contribution in [2.24, 2.45) is 7.05 Å². The van der Waals surface area contributed by atoms with E-state index in [0.717, 1.165) is 11.3 Å². The molecule has 0 unspecified atom stereocenters. The van der Waals surface area contributed by atoms with Crippen molar-refractivity contribution >= 4 is 23.5 Å². The number of ether oxygens (including phenoxy) is 1. The van der Waals surface area contributed by atoms with Crippen LogP contribution in [0, 0.1) is 13.8 Å². The number of hydrogen-bond acceptors (Lipinski definition) is 5. The van der Waals surface area contributed by atoms with Crippen LogP contribution in [0.15, 0.2) is 24.3 Å². The van der Waals surface area contributed by atoms with Crippen LogP contribution in [0.3, 0.4) is 0 Å². The molecule has 0 fully saturated rings. The van der Waals surface area contributed by atoms with E-state index in [1.165, 1.54) is 6.92 Å². The molecule has 0 aliphatic heterocycles. The summed E-state index contributed by atoms with van der Waals surface area (Å²) in [6.45, 7) is 11.0. The van der Waals surface area contributed by atoms with E-state index in [9.17, 15) is 14.4 Å². The third kappa shape index (κ3) is 5.68. The summed E-state index contributed by atoms with van der Waals surface area (Å²) in [6, 6.07) is 7.22. The minimum Gasteiger partial charge on any atom is -0.451 e. The van der Waals surface area contributed by atoms with E-state index < -0.39 is 18.0 Å². The van der Waals surface area contributed by atoms with Crippen molar-refractivity contribution in [1.82, 2.24) is 15.1 Å². The zero-order valence-electron chi connectivity index (χ0n) is 18.6. The predicted octanol–water partition coefficient (Wildman–Crippen LogP) is 2.63. The molecule has 2 aromatic rings. The summed E-state index contributed by atoms with van der Waals surface area (Å²) >= 11 is 0. The second-order valence-corrected chi connectivity index (χ2v) is 8.30. The molecule has 0 aliphatic rings. The monoisotopic (exact) mass is 414 g/mol. The lowest BCUT2D eigenvalue weighted by Crippen LogP contribution is -2.36. The van der Waals surface area contributed by atoms with Gasteiger partial charge in [0.25, 0.3) is 11.8 Å². The molecule has 30 heavy (non-hydrogen) atoms. The van der Waals surface area contributed by atoms with E-state index in [1.54, 1.807) is 30.8 Å². The first-order valence-electron chi connectivity index (χ1n) is 9.79. The largest absolute Gasteiger partial charge is 0.451 e. The van der Waals surface area contributed by atoms with Crippen LogP contribution in [0.1, 0.15) is 55.0 Å². The second kappa shape index (κ2) is 9.11. The number of amides is 2. The molecule has 8 heteroatoms. The summed E-state index contributed by atoms with van der Waals surface area (Å²) in [7, 11) is 1.78. The highest BCUT2D eigenvalue weighted by Crippen LogP contribution is 2.22. The molecule has 0 saturated carbocycles. The highest BCUT2D eigenvalue weighted by Gasteiger charge is 2.21. The number of anilines is 1. The molecule has 8 nitrogen and oxygen atoms in total. The Labute approximate surface area is 177 Å². The number of nitrogens with one attached hydrogen (secondary N) is 2. The van der Waals surface area contributed by atoms with Crippen LogP contribution in [0.5, 0.6) is 0 Å². The number of benzene rings is 1. The summed E-state index contributed by atoms with van der Waals surface area (Å²) in [4.78, 5) is 36.6. The maximum atomic E-state index is 12.3. The van der Waals surface area contributed by atoms with E-state index in [4.69, 9.17) is 4.74 Å². The van der Waals surface area contributed by atoms with Crippen LogP contribution in [-0.2, 0) is 26.8 Å². The maximum absolute atomic E-state index is 12.3. The lowest BCUT2D eigenvalue weighted by Gasteiger charge is -2.19. The number of aromatic nitrogens is 2. The average Bonchev–Trinajstić information content (AvgIpc) is 2.91. The molecule has 0 aliphatic carbocycles. The van der Waals surface area contributed by atoms with Crippen LogP contribution in [-0.4, -0.2) is 40.2 Å². The van der Waals surface area contributed by atoms with E-state index in [2.05, 4.69) is 36.5 Å². The van der Waals surface area contributed by atoms with Gasteiger partial charge in [0, 0.05) is 12.6 Å². The summed E-state index contributed by atoms with van der Waals surface area (Å²) in [5, 5.41) is 9.47. The standard InChI is InChI=1S/C22H30N4O4/c1-13-19(14(2)26(7)25-13)24-20(28)15(3)30-18(27)12-23-21(29)16-8-10-17(11-9-16)22(4,5)6/h8-11,15H,12H2,1-7H3,(H,23,29)(H,24,28)/t15-/m1/s1. The second-order valence-electron chi connectivity index (χ2n) is 8.30. The van der Waals surface area contributed by atoms with E-state index in [1.807, 2.05) is 19.1 Å². The van der Waals surface area contributed by atoms with Gasteiger partial charge in [0.2, 0.25) is 0 Å². The van der Waals surface area contributed by atoms with Gasteiger partial charge in [0.05, 0.1) is 17.1 Å². The minimum atomic E-state index is -1.01. The van der Waals surface area contributed by atoms with E-state index >= 15 is 0 Å². The zero-order valence-corrected chi connectivity index (χ0v) is 18.6. The number of rotatable bonds is 6. The molecule has 2 N–H and O–H groups in total. The van der Waals surface area contributed by atoms with Gasteiger partial charge >= 0.3 is 5.97 Å². The van der Waals surface area contributed by atoms with Crippen LogP contribution < -0.4 is 10.6 Å². The fraction of sp³-hybridized carbons (Fsp3) is 0.455. The zero-order chi connectivity index (χ0) is 22.6. The van der Waals surface area contributed by atoms with Crippen molar-refractivity contribution in [1.29, 1.82) is 0 Å². The Bertz CT molecular complexity index is 939. The molecule has 1 atom stereocenters. The Kier molecular flexibility index (Phi) is 7.02. The molecule has 1 aromatic heterocycles. The summed E-state index contributed by atoms with van der Waals surface area (Å²) in [5.74, 6) is -1.55. The third-order valence-corrected chi connectivity index (χ3v) is 4.84. The van der Waals surface area contributed by atoms with Crippen molar-refractivity contribution in [2.45, 2.75) is 53.1 Å². The Morgan fingerprint density at radius 3 is 2.23 bits per heavy atom. The van der Waals surface area contributed by atoms with Gasteiger partial charge in [-0.05, 0) is 43.9 Å². The number of esters is 1. The third-order valence-electron chi connectivity index (χ3n) is 4.84. The fourth-order valence-electron chi connectivity index (χ4n) is 2.85. The molecule has 2 rings (SSSR count). The summed E-state index contributed by atoms with van der Waals surface area (Å²) in [6.07, 6.45) is -1.01. The lowest BCUT2D eigenvalue weighted by atomic mass is 9.87. The Morgan fingerprint density at radius 2 is 1.73 bits per heavy atom. The molecule has 0 radical (unpaired) electrons. The quantitative estimate of drug-likeness (QED) is 0.708. The highest BCUT2D eigenvalue weighted by molar-refractivity contribution is 5.97. The smallest absolute Gasteiger partial charge is 0.326 e. The number of carbonyl (C=O) groups is 3. The Hall–Kier alpha value is -3.16. The van der Waals surface area contributed by atoms with Gasteiger partial charge < -0.3 is 15.4 Å². The fourth-order valence-corrected chi connectivity index (χ4v) is 2.85. The first-order valence-corrected chi connectivity index (χ1v) is 9.79. The average molecular weight is 415 g/mol. The number of nitrogens with zero attached hydrogens (tertiary/aromatic N) is 2. The van der Waals surface area contributed by atoms with Gasteiger partial charge in [0.15, 0.2) is 6.10 Å². The van der Waals surface area contributed by atoms with Gasteiger partial charge in [-0.25, -0.2) is 0 Å². The van der Waals surface area contributed by atoms with Gasteiger partial charge in [-0.2, -0.15) is 5.10 Å². The molecule has 0 bridgehead atoms. The molecule has 0 saturated heterocycles. The first kappa shape index (κ1) is 23.1. The molecule has 2 amide bonds. The van der Waals surface area contributed by atoms with Crippen LogP contribution in [0.4, 0.5) is 5.69 Å². The maximum Gasteiger partial charge on any atom is 0.326 e. The topological polar surface area (TPSA) is 102 Å². The molecular formula is C22H30N4O4. The number of carbonyl (C=O) groups excluding carboxylic acids is 3. The van der Waals surface area contributed by atoms with Crippen molar-refractivity contribution in [2.75, 3.05) is 11.9 Å². The SMILES string of the molecule is Cc1nn(C)c(C)c1NC(=O)[C@@H](C)OC(=O)CNC(=O)c1ccc(C(C)(C)C)cc1. The van der Waals surface area contributed by atoms with Crippen LogP contribution in [0.25, 0.3) is 0 Å². The van der Waals surface area contributed by atoms with Crippen molar-refractivity contribution in [3.05, 3.63) is 46.8 Å². The number of aryl methyl sites for hydroxylation is 2. The first-order chi connectivity index (χ1) is 13.9. The molecule has 1 heterocycles. The molecule has 0 spiro atoms. The van der Waals surface area contributed by atoms with Gasteiger partial charge in [-0.15, -0.1) is 0 Å². The normalized spacial score (nSPS) is 12.2. The molecule has 1 aromatic carbocycles. The van der Waals surface area contributed by atoms with Crippen molar-refractivity contribution in [3.8, 4) is 0 Å². The van der Waals surface area contributed by atoms with Crippen LogP contribution >= 0.6 is 0 Å². The van der Waals surface area contributed by atoms with Gasteiger partial charge in [-0.1, -0.05) is 32.9 Å². The summed E-state index contributed by atoms with van der Waals surface area (Å²) < 4.78 is 6.79. The van der Waals surface area contributed by atoms with Crippen molar-refractivity contribution < 1.29 is 19.1 Å². The Balaban J connectivity index is 1.86. The van der Waals surface area contributed by atoms with Gasteiger partial charge in [-0.3, -0.25) is 19.1 Å². The van der Waals surface area contributed by atoms with Crippen LogP contribution in [0.2, 0.25) is 0 Å². The highest BCUT2D eigenvalue weighted by atomic mass is 16.5. The van der Waals surface area contributed by atoms with E-state index in [0.29, 0.717) is 16.9 Å². The number of hydrogen-bond donors (Lipinski definition) is 2.